The number of aryl methyl sites for hydroxylation is 1. The van der Waals surface area contributed by atoms with Gasteiger partial charge in [-0.2, -0.15) is 5.10 Å². The number of aromatic nitrogens is 2. The zero-order valence-corrected chi connectivity index (χ0v) is 12.8. The summed E-state index contributed by atoms with van der Waals surface area (Å²) in [4.78, 5) is 11.8. The van der Waals surface area contributed by atoms with E-state index in [1.807, 2.05) is 19.4 Å². The highest BCUT2D eigenvalue weighted by atomic mass is 16.1. The van der Waals surface area contributed by atoms with Crippen molar-refractivity contribution < 1.29 is 4.79 Å². The van der Waals surface area contributed by atoms with Gasteiger partial charge in [0.15, 0.2) is 0 Å². The van der Waals surface area contributed by atoms with Crippen LogP contribution in [-0.2, 0) is 18.3 Å². The van der Waals surface area contributed by atoms with E-state index in [1.165, 1.54) is 6.42 Å². The van der Waals surface area contributed by atoms with Crippen molar-refractivity contribution in [1.82, 2.24) is 15.1 Å². The molecule has 1 heterocycles. The Balaban J connectivity index is 2.16. The van der Waals surface area contributed by atoms with Gasteiger partial charge in [0.25, 0.3) is 0 Å². The molecular weight excluding hydrogens is 252 g/mol. The maximum atomic E-state index is 11.8. The molecule has 0 bridgehead atoms. The molecule has 5 heteroatoms. The molecule has 0 saturated carbocycles. The lowest BCUT2D eigenvalue weighted by Crippen LogP contribution is -2.26. The van der Waals surface area contributed by atoms with Crippen LogP contribution in [-0.4, -0.2) is 28.8 Å². The molecule has 5 nitrogen and oxygen atoms in total. The van der Waals surface area contributed by atoms with Crippen molar-refractivity contribution in [2.45, 2.75) is 45.4 Å². The predicted molar refractivity (Wildman–Crippen MR) is 81.2 cm³/mol. The van der Waals surface area contributed by atoms with Gasteiger partial charge in [-0.3, -0.25) is 9.48 Å². The van der Waals surface area contributed by atoms with Gasteiger partial charge in [-0.15, -0.1) is 0 Å². The summed E-state index contributed by atoms with van der Waals surface area (Å²) in [5.74, 6) is 0.737. The van der Waals surface area contributed by atoms with Gasteiger partial charge < -0.3 is 11.1 Å². The summed E-state index contributed by atoms with van der Waals surface area (Å²) < 4.78 is 1.78. The third kappa shape index (κ3) is 6.70. The molecule has 0 aliphatic rings. The van der Waals surface area contributed by atoms with E-state index in [4.69, 9.17) is 5.73 Å². The first-order chi connectivity index (χ1) is 9.65. The SMILES string of the molecule is CCCC(CCN)CCC(=O)NCCc1cnn(C)c1. The summed E-state index contributed by atoms with van der Waals surface area (Å²) in [7, 11) is 1.90. The molecule has 1 amide bonds. The maximum absolute atomic E-state index is 11.8. The van der Waals surface area contributed by atoms with Gasteiger partial charge >= 0.3 is 0 Å². The highest BCUT2D eigenvalue weighted by molar-refractivity contribution is 5.75. The fourth-order valence-corrected chi connectivity index (χ4v) is 2.45. The fraction of sp³-hybridized carbons (Fsp3) is 0.733. The van der Waals surface area contributed by atoms with Crippen LogP contribution in [0.25, 0.3) is 0 Å². The molecule has 0 spiro atoms. The van der Waals surface area contributed by atoms with Crippen LogP contribution in [0.1, 0.15) is 44.6 Å². The van der Waals surface area contributed by atoms with Crippen molar-refractivity contribution in [2.24, 2.45) is 18.7 Å². The number of nitrogens with zero attached hydrogens (tertiary/aromatic N) is 2. The van der Waals surface area contributed by atoms with E-state index in [0.717, 1.165) is 31.2 Å². The lowest BCUT2D eigenvalue weighted by molar-refractivity contribution is -0.121. The minimum atomic E-state index is 0.145. The van der Waals surface area contributed by atoms with Gasteiger partial charge in [0, 0.05) is 26.2 Å². The average molecular weight is 280 g/mol. The van der Waals surface area contributed by atoms with Gasteiger partial charge in [0.05, 0.1) is 6.20 Å². The molecule has 1 unspecified atom stereocenters. The van der Waals surface area contributed by atoms with Gasteiger partial charge in [-0.1, -0.05) is 19.8 Å². The molecule has 114 valence electrons. The highest BCUT2D eigenvalue weighted by Crippen LogP contribution is 2.16. The molecule has 0 aromatic carbocycles. The van der Waals surface area contributed by atoms with Crippen LogP contribution >= 0.6 is 0 Å². The Bertz CT molecular complexity index is 383. The lowest BCUT2D eigenvalue weighted by atomic mass is 9.94. The molecule has 3 N–H and O–H groups in total. The molecule has 0 aliphatic heterocycles. The number of carbonyl (C=O) groups is 1. The van der Waals surface area contributed by atoms with E-state index in [-0.39, 0.29) is 5.91 Å². The Labute approximate surface area is 121 Å². The second kappa shape index (κ2) is 9.53. The van der Waals surface area contributed by atoms with E-state index in [9.17, 15) is 4.79 Å². The van der Waals surface area contributed by atoms with Crippen LogP contribution in [0, 0.1) is 5.92 Å². The van der Waals surface area contributed by atoms with Crippen LogP contribution in [0.15, 0.2) is 12.4 Å². The van der Waals surface area contributed by atoms with E-state index >= 15 is 0 Å². The summed E-state index contributed by atoms with van der Waals surface area (Å²) in [6, 6.07) is 0. The molecule has 0 fully saturated rings. The molecule has 1 atom stereocenters. The minimum Gasteiger partial charge on any atom is -0.356 e. The summed E-state index contributed by atoms with van der Waals surface area (Å²) in [6.45, 7) is 3.57. The molecule has 0 radical (unpaired) electrons. The minimum absolute atomic E-state index is 0.145. The van der Waals surface area contributed by atoms with Crippen molar-refractivity contribution in [3.63, 3.8) is 0 Å². The van der Waals surface area contributed by atoms with Gasteiger partial charge in [0.2, 0.25) is 5.91 Å². The molecule has 1 rings (SSSR count). The first-order valence-corrected chi connectivity index (χ1v) is 7.60. The Morgan fingerprint density at radius 2 is 2.25 bits per heavy atom. The molecule has 0 aliphatic carbocycles. The normalized spacial score (nSPS) is 12.3. The van der Waals surface area contributed by atoms with E-state index in [0.29, 0.717) is 25.4 Å². The second-order valence-corrected chi connectivity index (χ2v) is 5.39. The van der Waals surface area contributed by atoms with E-state index in [2.05, 4.69) is 17.3 Å². The Morgan fingerprint density at radius 1 is 1.45 bits per heavy atom. The number of rotatable bonds is 10. The third-order valence-corrected chi connectivity index (χ3v) is 3.55. The number of carbonyl (C=O) groups excluding carboxylic acids is 1. The fourth-order valence-electron chi connectivity index (χ4n) is 2.45. The second-order valence-electron chi connectivity index (χ2n) is 5.39. The molecule has 1 aromatic rings. The van der Waals surface area contributed by atoms with Gasteiger partial charge in [-0.25, -0.2) is 0 Å². The van der Waals surface area contributed by atoms with Crippen LogP contribution in [0.2, 0.25) is 0 Å². The Kier molecular flexibility index (Phi) is 7.95. The lowest BCUT2D eigenvalue weighted by Gasteiger charge is -2.14. The number of nitrogens with two attached hydrogens (primary N) is 1. The molecule has 20 heavy (non-hydrogen) atoms. The standard InChI is InChI=1S/C15H28N4O/c1-3-4-13(7-9-16)5-6-15(20)17-10-8-14-11-18-19(2)12-14/h11-13H,3-10,16H2,1-2H3,(H,17,20). The molecule has 1 aromatic heterocycles. The zero-order chi connectivity index (χ0) is 14.8. The first kappa shape index (κ1) is 16.7. The largest absolute Gasteiger partial charge is 0.356 e. The number of hydrogen-bond acceptors (Lipinski definition) is 3. The van der Waals surface area contributed by atoms with Gasteiger partial charge in [-0.05, 0) is 37.3 Å². The van der Waals surface area contributed by atoms with Crippen molar-refractivity contribution in [1.29, 1.82) is 0 Å². The Hall–Kier alpha value is -1.36. The van der Waals surface area contributed by atoms with Crippen molar-refractivity contribution in [3.8, 4) is 0 Å². The highest BCUT2D eigenvalue weighted by Gasteiger charge is 2.09. The molecular formula is C15H28N4O. The van der Waals surface area contributed by atoms with Crippen LogP contribution in [0.5, 0.6) is 0 Å². The van der Waals surface area contributed by atoms with Crippen molar-refractivity contribution in [2.75, 3.05) is 13.1 Å². The van der Waals surface area contributed by atoms with E-state index in [1.54, 1.807) is 4.68 Å². The third-order valence-electron chi connectivity index (χ3n) is 3.55. The summed E-state index contributed by atoms with van der Waals surface area (Å²) >= 11 is 0. The summed E-state index contributed by atoms with van der Waals surface area (Å²) in [5.41, 5.74) is 6.76. The summed E-state index contributed by atoms with van der Waals surface area (Å²) in [6.07, 6.45) is 9.56. The average Bonchev–Trinajstić information content (AvgIpc) is 2.82. The van der Waals surface area contributed by atoms with Gasteiger partial charge in [0.1, 0.15) is 0 Å². The van der Waals surface area contributed by atoms with Crippen molar-refractivity contribution >= 4 is 5.91 Å². The summed E-state index contributed by atoms with van der Waals surface area (Å²) in [5, 5.41) is 7.08. The smallest absolute Gasteiger partial charge is 0.220 e. The van der Waals surface area contributed by atoms with Crippen LogP contribution < -0.4 is 11.1 Å². The monoisotopic (exact) mass is 280 g/mol. The topological polar surface area (TPSA) is 72.9 Å². The van der Waals surface area contributed by atoms with Crippen LogP contribution in [0.3, 0.4) is 0 Å². The Morgan fingerprint density at radius 3 is 2.85 bits per heavy atom. The molecule has 0 saturated heterocycles. The maximum Gasteiger partial charge on any atom is 0.220 e. The predicted octanol–water partition coefficient (Wildman–Crippen LogP) is 1.62. The number of hydrogen-bond donors (Lipinski definition) is 2. The zero-order valence-electron chi connectivity index (χ0n) is 12.8. The number of amides is 1. The first-order valence-electron chi connectivity index (χ1n) is 7.60. The van der Waals surface area contributed by atoms with Crippen LogP contribution in [0.4, 0.5) is 0 Å². The van der Waals surface area contributed by atoms with E-state index < -0.39 is 0 Å². The quantitative estimate of drug-likeness (QED) is 0.684. The van der Waals surface area contributed by atoms with Crippen molar-refractivity contribution in [3.05, 3.63) is 18.0 Å². The number of nitrogens with one attached hydrogen (secondary N) is 1.